The molecule has 27 heavy (non-hydrogen) atoms. The molecule has 0 aliphatic rings. The van der Waals surface area contributed by atoms with E-state index in [0.29, 0.717) is 10.9 Å². The number of alkyl halides is 2. The van der Waals surface area contributed by atoms with Crippen LogP contribution in [0.4, 0.5) is 0 Å². The molecule has 0 saturated heterocycles. The van der Waals surface area contributed by atoms with Crippen molar-refractivity contribution in [3.63, 3.8) is 0 Å². The Bertz CT molecular complexity index is 836. The topological polar surface area (TPSA) is 163 Å². The van der Waals surface area contributed by atoms with Gasteiger partial charge in [0, 0.05) is 12.4 Å². The number of aromatic amines is 1. The molecule has 1 aromatic heterocycles. The van der Waals surface area contributed by atoms with Gasteiger partial charge in [0.15, 0.2) is 16.2 Å². The number of rotatable bonds is 6. The zero-order valence-corrected chi connectivity index (χ0v) is 16.3. The fourth-order valence-corrected chi connectivity index (χ4v) is 3.18. The van der Waals surface area contributed by atoms with Gasteiger partial charge in [0.1, 0.15) is 0 Å². The number of carbonyl (C=O) groups excluding carboxylic acids is 2. The largest absolute Gasteiger partial charge is 0.392 e. The van der Waals surface area contributed by atoms with Gasteiger partial charge in [0.25, 0.3) is 5.91 Å². The molecule has 1 aromatic carbocycles. The highest BCUT2D eigenvalue weighted by atomic mass is 79.9. The normalized spacial score (nSPS) is 19.6. The molecule has 7 N–H and O–H groups in total. The molecule has 0 aliphatic heterocycles. The lowest BCUT2D eigenvalue weighted by Gasteiger charge is -2.46. The Labute approximate surface area is 166 Å². The van der Waals surface area contributed by atoms with Gasteiger partial charge in [-0.2, -0.15) is 0 Å². The number of hydrogen-bond donors (Lipinski definition) is 7. The van der Waals surface area contributed by atoms with Gasteiger partial charge in [-0.05, 0) is 33.4 Å². The molecule has 4 atom stereocenters. The summed E-state index contributed by atoms with van der Waals surface area (Å²) in [6.45, 7) is -0.204. The maximum atomic E-state index is 12.2. The molecule has 2 rings (SSSR count). The molecule has 0 unspecified atom stereocenters. The molecule has 0 radical (unpaired) electrons. The molecule has 11 heteroatoms. The lowest BCUT2D eigenvalue weighted by atomic mass is 9.82. The third-order valence-corrected chi connectivity index (χ3v) is 5.76. The molecule has 2 aromatic rings. The lowest BCUT2D eigenvalue weighted by molar-refractivity contribution is -0.220. The SMILES string of the molecule is CC(=O)NC(=O)[C@H](O)[C@](O)(c1cc2ccccc2[nH]1)[C@@](O)(Cl)[C@@](O)(Br)CO. The van der Waals surface area contributed by atoms with E-state index in [-0.39, 0.29) is 5.69 Å². The highest BCUT2D eigenvalue weighted by Gasteiger charge is 2.66. The minimum Gasteiger partial charge on any atom is -0.392 e. The standard InChI is InChI=1S/C16H18BrClN2O7/c1-8(22)19-13(24)12(23)15(26,16(18,27)14(17,25)7-21)11-6-9-4-2-3-5-10(9)20-11/h2-6,12,20-21,23,25-27H,7H2,1H3,(H,19,22,24)/t12-,14+,15+,16+/m0/s1. The van der Waals surface area contributed by atoms with Gasteiger partial charge in [-0.3, -0.25) is 14.9 Å². The molecule has 0 aliphatic carbocycles. The van der Waals surface area contributed by atoms with Crippen molar-refractivity contribution >= 4 is 50.2 Å². The van der Waals surface area contributed by atoms with E-state index in [0.717, 1.165) is 6.92 Å². The minimum absolute atomic E-state index is 0.348. The number of para-hydroxylation sites is 1. The molecule has 0 fully saturated rings. The molecular weight excluding hydrogens is 448 g/mol. The van der Waals surface area contributed by atoms with Crippen molar-refractivity contribution in [3.05, 3.63) is 36.0 Å². The Morgan fingerprint density at radius 2 is 1.89 bits per heavy atom. The van der Waals surface area contributed by atoms with Crippen molar-refractivity contribution in [2.24, 2.45) is 0 Å². The zero-order chi connectivity index (χ0) is 20.6. The van der Waals surface area contributed by atoms with Crippen LogP contribution in [0.1, 0.15) is 12.6 Å². The fraction of sp³-hybridized carbons (Fsp3) is 0.375. The predicted octanol–water partition coefficient (Wildman–Crippen LogP) is -0.618. The summed E-state index contributed by atoms with van der Waals surface area (Å²) in [5, 5.41) is 51.0. The van der Waals surface area contributed by atoms with Crippen LogP contribution in [0.3, 0.4) is 0 Å². The van der Waals surface area contributed by atoms with Gasteiger partial charge in [-0.25, -0.2) is 0 Å². The third kappa shape index (κ3) is 3.61. The average molecular weight is 466 g/mol. The number of nitrogens with one attached hydrogen (secondary N) is 2. The number of halogens is 2. The van der Waals surface area contributed by atoms with Crippen molar-refractivity contribution in [1.29, 1.82) is 0 Å². The Hall–Kier alpha value is -1.53. The number of aromatic nitrogens is 1. The van der Waals surface area contributed by atoms with E-state index in [9.17, 15) is 35.1 Å². The number of aliphatic hydroxyl groups is 5. The first kappa shape index (κ1) is 21.8. The second-order valence-electron chi connectivity index (χ2n) is 6.02. The Morgan fingerprint density at radius 1 is 1.30 bits per heavy atom. The van der Waals surface area contributed by atoms with Crippen molar-refractivity contribution in [2.45, 2.75) is 28.2 Å². The summed E-state index contributed by atoms with van der Waals surface area (Å²) in [5.74, 6) is -2.23. The maximum Gasteiger partial charge on any atom is 0.259 e. The number of carbonyl (C=O) groups is 2. The zero-order valence-electron chi connectivity index (χ0n) is 14.0. The summed E-state index contributed by atoms with van der Waals surface area (Å²) >= 11 is 8.56. The van der Waals surface area contributed by atoms with Crippen LogP contribution in [0.25, 0.3) is 10.9 Å². The van der Waals surface area contributed by atoms with Gasteiger partial charge in [0.2, 0.25) is 11.0 Å². The highest BCUT2D eigenvalue weighted by molar-refractivity contribution is 9.10. The number of benzene rings is 1. The van der Waals surface area contributed by atoms with Crippen LogP contribution in [0.2, 0.25) is 0 Å². The summed E-state index contributed by atoms with van der Waals surface area (Å²) in [6, 6.07) is 7.88. The van der Waals surface area contributed by atoms with Gasteiger partial charge >= 0.3 is 0 Å². The summed E-state index contributed by atoms with van der Waals surface area (Å²) in [7, 11) is 0. The van der Waals surface area contributed by atoms with E-state index >= 15 is 0 Å². The second kappa shape index (κ2) is 7.47. The first-order chi connectivity index (χ1) is 12.4. The number of fused-ring (bicyclic) bond motifs is 1. The fourth-order valence-electron chi connectivity index (χ4n) is 2.61. The molecule has 148 valence electrons. The van der Waals surface area contributed by atoms with E-state index in [1.165, 1.54) is 6.07 Å². The first-order valence-corrected chi connectivity index (χ1v) is 8.79. The monoisotopic (exact) mass is 464 g/mol. The van der Waals surface area contributed by atoms with E-state index in [4.69, 9.17) is 11.6 Å². The molecule has 2 amide bonds. The van der Waals surface area contributed by atoms with Crippen LogP contribution in [0.15, 0.2) is 30.3 Å². The third-order valence-electron chi connectivity index (χ3n) is 4.11. The molecule has 1 heterocycles. The Kier molecular flexibility index (Phi) is 6.02. The van der Waals surface area contributed by atoms with Crippen molar-refractivity contribution in [3.8, 4) is 0 Å². The summed E-state index contributed by atoms with van der Waals surface area (Å²) < 4.78 is -2.74. The van der Waals surface area contributed by atoms with Crippen LogP contribution < -0.4 is 5.32 Å². The lowest BCUT2D eigenvalue weighted by Crippen LogP contribution is -2.68. The highest BCUT2D eigenvalue weighted by Crippen LogP contribution is 2.48. The van der Waals surface area contributed by atoms with E-state index < -0.39 is 39.7 Å². The number of hydrogen-bond acceptors (Lipinski definition) is 7. The van der Waals surface area contributed by atoms with Crippen molar-refractivity contribution in [2.75, 3.05) is 6.61 Å². The van der Waals surface area contributed by atoms with Crippen LogP contribution in [-0.4, -0.2) is 64.6 Å². The predicted molar refractivity (Wildman–Crippen MR) is 98.8 cm³/mol. The van der Waals surface area contributed by atoms with Gasteiger partial charge in [-0.1, -0.05) is 29.8 Å². The second-order valence-corrected chi connectivity index (χ2v) is 7.88. The van der Waals surface area contributed by atoms with Crippen molar-refractivity contribution in [1.82, 2.24) is 10.3 Å². The molecular formula is C16H18BrClN2O7. The van der Waals surface area contributed by atoms with Crippen LogP contribution in [-0.2, 0) is 15.2 Å². The Morgan fingerprint density at radius 3 is 2.41 bits per heavy atom. The maximum absolute atomic E-state index is 12.2. The molecule has 0 saturated carbocycles. The van der Waals surface area contributed by atoms with E-state index in [1.807, 2.05) is 0 Å². The molecule has 0 bridgehead atoms. The van der Waals surface area contributed by atoms with Gasteiger partial charge in [-0.15, -0.1) is 0 Å². The number of H-pyrrole nitrogens is 1. The summed E-state index contributed by atoms with van der Waals surface area (Å²) in [4.78, 5) is 26.0. The minimum atomic E-state index is -3.23. The van der Waals surface area contributed by atoms with Crippen molar-refractivity contribution < 1.29 is 35.1 Å². The summed E-state index contributed by atoms with van der Waals surface area (Å²) in [6.07, 6.45) is -2.52. The van der Waals surface area contributed by atoms with E-state index in [1.54, 1.807) is 29.6 Å². The molecule has 0 spiro atoms. The number of imide groups is 1. The number of aliphatic hydroxyl groups excluding tert-OH is 2. The van der Waals surface area contributed by atoms with Gasteiger partial charge in [0.05, 0.1) is 12.3 Å². The summed E-state index contributed by atoms with van der Waals surface area (Å²) in [5.41, 5.74) is -2.98. The average Bonchev–Trinajstić information content (AvgIpc) is 3.03. The van der Waals surface area contributed by atoms with Crippen LogP contribution >= 0.6 is 27.5 Å². The molecule has 9 nitrogen and oxygen atoms in total. The smallest absolute Gasteiger partial charge is 0.259 e. The van der Waals surface area contributed by atoms with E-state index in [2.05, 4.69) is 20.9 Å². The number of amides is 2. The van der Waals surface area contributed by atoms with Crippen LogP contribution in [0.5, 0.6) is 0 Å². The first-order valence-electron chi connectivity index (χ1n) is 7.62. The Balaban J connectivity index is 2.71. The quantitative estimate of drug-likeness (QED) is 0.280. The van der Waals surface area contributed by atoms with Gasteiger partial charge < -0.3 is 30.5 Å². The van der Waals surface area contributed by atoms with Crippen LogP contribution in [0, 0.1) is 0 Å².